The van der Waals surface area contributed by atoms with Crippen molar-refractivity contribution in [1.82, 2.24) is 0 Å². The highest BCUT2D eigenvalue weighted by Crippen LogP contribution is 2.32. The third kappa shape index (κ3) is 7.14. The Bertz CT molecular complexity index is 1940. The second-order valence-corrected chi connectivity index (χ2v) is 10.5. The molecule has 0 aliphatic rings. The largest absolute Gasteiger partial charge is 0.493 e. The van der Waals surface area contributed by atoms with E-state index in [0.717, 1.165) is 5.56 Å². The van der Waals surface area contributed by atoms with Gasteiger partial charge in [0.1, 0.15) is 28.7 Å². The van der Waals surface area contributed by atoms with Crippen molar-refractivity contribution >= 4 is 11.6 Å². The van der Waals surface area contributed by atoms with Gasteiger partial charge in [0.2, 0.25) is 0 Å². The molecule has 6 heteroatoms. The summed E-state index contributed by atoms with van der Waals surface area (Å²) in [7, 11) is 1.59. The van der Waals surface area contributed by atoms with Crippen molar-refractivity contribution < 1.29 is 28.5 Å². The first-order chi connectivity index (χ1) is 22.4. The number of rotatable bonds is 11. The molecule has 0 N–H and O–H groups in total. The first kappa shape index (κ1) is 29.9. The molecule has 46 heavy (non-hydrogen) atoms. The van der Waals surface area contributed by atoms with Crippen LogP contribution < -0.4 is 18.9 Å². The molecule has 0 spiro atoms. The van der Waals surface area contributed by atoms with Crippen molar-refractivity contribution in [2.45, 2.75) is 6.92 Å². The number of ether oxygens (including phenoxy) is 4. The van der Waals surface area contributed by atoms with Crippen molar-refractivity contribution in [3.8, 4) is 40.2 Å². The lowest BCUT2D eigenvalue weighted by atomic mass is 10.0. The molecular weight excluding hydrogens is 576 g/mol. The number of hydrogen-bond donors (Lipinski definition) is 0. The zero-order valence-corrected chi connectivity index (χ0v) is 25.3. The van der Waals surface area contributed by atoms with Crippen molar-refractivity contribution in [3.63, 3.8) is 0 Å². The van der Waals surface area contributed by atoms with E-state index in [-0.39, 0.29) is 11.6 Å². The van der Waals surface area contributed by atoms with Crippen molar-refractivity contribution in [3.05, 3.63) is 173 Å². The van der Waals surface area contributed by atoms with E-state index in [1.165, 1.54) is 0 Å². The molecular formula is C40H30O6. The summed E-state index contributed by atoms with van der Waals surface area (Å²) in [6.45, 7) is 1.99. The maximum Gasteiger partial charge on any atom is 0.193 e. The van der Waals surface area contributed by atoms with Gasteiger partial charge in [0.15, 0.2) is 23.1 Å². The van der Waals surface area contributed by atoms with Gasteiger partial charge in [0.25, 0.3) is 0 Å². The van der Waals surface area contributed by atoms with Crippen LogP contribution in [0.3, 0.4) is 0 Å². The summed E-state index contributed by atoms with van der Waals surface area (Å²) in [4.78, 5) is 25.8. The van der Waals surface area contributed by atoms with E-state index >= 15 is 0 Å². The Morgan fingerprint density at radius 3 is 1.07 bits per heavy atom. The summed E-state index contributed by atoms with van der Waals surface area (Å²) in [6.07, 6.45) is 0. The molecule has 0 saturated heterocycles. The Hall–Kier alpha value is -6.14. The highest BCUT2D eigenvalue weighted by molar-refractivity contribution is 6.09. The van der Waals surface area contributed by atoms with E-state index in [1.807, 2.05) is 55.5 Å². The highest BCUT2D eigenvalue weighted by Gasteiger charge is 2.12. The fraction of sp³-hybridized carbons (Fsp3) is 0.0500. The Labute approximate surface area is 267 Å². The lowest BCUT2D eigenvalue weighted by molar-refractivity contribution is 0.103. The van der Waals surface area contributed by atoms with Gasteiger partial charge in [-0.05, 0) is 116 Å². The van der Waals surface area contributed by atoms with Crippen LogP contribution in [0.4, 0.5) is 0 Å². The third-order valence-electron chi connectivity index (χ3n) is 7.26. The topological polar surface area (TPSA) is 71.1 Å². The van der Waals surface area contributed by atoms with Crippen LogP contribution in [0.25, 0.3) is 0 Å². The number of carbonyl (C=O) groups is 2. The van der Waals surface area contributed by atoms with Crippen LogP contribution in [0.1, 0.15) is 37.4 Å². The maximum atomic E-state index is 13.1. The average Bonchev–Trinajstić information content (AvgIpc) is 3.10. The van der Waals surface area contributed by atoms with Crippen LogP contribution in [0.5, 0.6) is 40.2 Å². The standard InChI is InChI=1S/C40H30O6/c1-27-7-9-28(10-8-27)39(41)29-11-17-32(18-12-29)44-34-23-25-35(26-24-34)45-33-19-13-30(14-20-33)40(42)31-15-21-36(22-16-31)46-38-6-4-3-5-37(38)43-2/h3-26H,1-2H3. The molecule has 0 aliphatic heterocycles. The predicted octanol–water partition coefficient (Wildman–Crippen LogP) is 9.84. The average molecular weight is 607 g/mol. The van der Waals surface area contributed by atoms with Gasteiger partial charge < -0.3 is 18.9 Å². The zero-order valence-electron chi connectivity index (χ0n) is 25.3. The normalized spacial score (nSPS) is 10.6. The van der Waals surface area contributed by atoms with Crippen LogP contribution in [0.15, 0.2) is 146 Å². The molecule has 0 bridgehead atoms. The number of hydrogen-bond acceptors (Lipinski definition) is 6. The highest BCUT2D eigenvalue weighted by atomic mass is 16.5. The Morgan fingerprint density at radius 1 is 0.391 bits per heavy atom. The third-order valence-corrected chi connectivity index (χ3v) is 7.26. The summed E-state index contributed by atoms with van der Waals surface area (Å²) >= 11 is 0. The summed E-state index contributed by atoms with van der Waals surface area (Å²) in [5.41, 5.74) is 3.45. The fourth-order valence-corrected chi connectivity index (χ4v) is 4.74. The first-order valence-corrected chi connectivity index (χ1v) is 14.7. The van der Waals surface area contributed by atoms with E-state index in [2.05, 4.69) is 0 Å². The number of methoxy groups -OCH3 is 1. The van der Waals surface area contributed by atoms with Gasteiger partial charge in [-0.2, -0.15) is 0 Å². The van der Waals surface area contributed by atoms with E-state index in [1.54, 1.807) is 104 Å². The smallest absolute Gasteiger partial charge is 0.193 e. The van der Waals surface area contributed by atoms with E-state index in [0.29, 0.717) is 62.5 Å². The summed E-state index contributed by atoms with van der Waals surface area (Å²) < 4.78 is 23.2. The quantitative estimate of drug-likeness (QED) is 0.137. The lowest BCUT2D eigenvalue weighted by Crippen LogP contribution is -2.01. The van der Waals surface area contributed by atoms with Gasteiger partial charge in [0, 0.05) is 22.3 Å². The molecule has 0 fully saturated rings. The lowest BCUT2D eigenvalue weighted by Gasteiger charge is -2.10. The number of aryl methyl sites for hydroxylation is 1. The summed E-state index contributed by atoms with van der Waals surface area (Å²) in [5.74, 6) is 4.16. The van der Waals surface area contributed by atoms with Crippen LogP contribution in [-0.4, -0.2) is 18.7 Å². The molecule has 0 unspecified atom stereocenters. The molecule has 6 aromatic carbocycles. The molecule has 0 saturated carbocycles. The van der Waals surface area contributed by atoms with E-state index < -0.39 is 0 Å². The molecule has 0 aliphatic carbocycles. The molecule has 0 radical (unpaired) electrons. The number of carbonyl (C=O) groups excluding carboxylic acids is 2. The van der Waals surface area contributed by atoms with Crippen molar-refractivity contribution in [1.29, 1.82) is 0 Å². The minimum atomic E-state index is -0.107. The summed E-state index contributed by atoms with van der Waals surface area (Å²) in [5, 5.41) is 0. The predicted molar refractivity (Wildman–Crippen MR) is 177 cm³/mol. The first-order valence-electron chi connectivity index (χ1n) is 14.7. The molecule has 0 atom stereocenters. The van der Waals surface area contributed by atoms with Crippen molar-refractivity contribution in [2.75, 3.05) is 7.11 Å². The molecule has 0 aromatic heterocycles. The van der Waals surface area contributed by atoms with E-state index in [4.69, 9.17) is 18.9 Å². The van der Waals surface area contributed by atoms with Crippen LogP contribution in [0.2, 0.25) is 0 Å². The second-order valence-electron chi connectivity index (χ2n) is 10.5. The SMILES string of the molecule is COc1ccccc1Oc1ccc(C(=O)c2ccc(Oc3ccc(Oc4ccc(C(=O)c5ccc(C)cc5)cc4)cc3)cc2)cc1. The number of ketones is 2. The van der Waals surface area contributed by atoms with Gasteiger partial charge in [-0.25, -0.2) is 0 Å². The summed E-state index contributed by atoms with van der Waals surface area (Å²) in [6, 6.07) is 43.2. The Morgan fingerprint density at radius 2 is 0.696 bits per heavy atom. The molecule has 226 valence electrons. The minimum absolute atomic E-state index is 0.0320. The molecule has 6 rings (SSSR count). The number of para-hydroxylation sites is 2. The van der Waals surface area contributed by atoms with Crippen LogP contribution in [-0.2, 0) is 0 Å². The Kier molecular flexibility index (Phi) is 8.88. The molecule has 0 amide bonds. The van der Waals surface area contributed by atoms with Gasteiger partial charge >= 0.3 is 0 Å². The van der Waals surface area contributed by atoms with Gasteiger partial charge in [-0.3, -0.25) is 9.59 Å². The van der Waals surface area contributed by atoms with Gasteiger partial charge in [0.05, 0.1) is 7.11 Å². The monoisotopic (exact) mass is 606 g/mol. The Balaban J connectivity index is 1.03. The van der Waals surface area contributed by atoms with Crippen LogP contribution in [0, 0.1) is 6.92 Å². The number of benzene rings is 6. The van der Waals surface area contributed by atoms with E-state index in [9.17, 15) is 9.59 Å². The second kappa shape index (κ2) is 13.7. The maximum absolute atomic E-state index is 13.1. The van der Waals surface area contributed by atoms with Gasteiger partial charge in [-0.1, -0.05) is 42.0 Å². The molecule has 0 heterocycles. The molecule has 6 aromatic rings. The van der Waals surface area contributed by atoms with Crippen LogP contribution >= 0.6 is 0 Å². The molecule has 6 nitrogen and oxygen atoms in total. The van der Waals surface area contributed by atoms with Crippen molar-refractivity contribution in [2.24, 2.45) is 0 Å². The minimum Gasteiger partial charge on any atom is -0.493 e. The van der Waals surface area contributed by atoms with Gasteiger partial charge in [-0.15, -0.1) is 0 Å². The zero-order chi connectivity index (χ0) is 31.9. The fourth-order valence-electron chi connectivity index (χ4n) is 4.74.